The average molecular weight is 366 g/mol. The molecule has 0 spiro atoms. The number of carbonyl (C=O) groups is 2. The Labute approximate surface area is 149 Å². The molecule has 24 heavy (non-hydrogen) atoms. The van der Waals surface area contributed by atoms with Crippen molar-refractivity contribution in [3.05, 3.63) is 64.7 Å². The number of hydrogen-bond donors (Lipinski definition) is 1. The Hall–Kier alpha value is -2.02. The smallest absolute Gasteiger partial charge is 0.339 e. The first kappa shape index (κ1) is 18.3. The van der Waals surface area contributed by atoms with Crippen molar-refractivity contribution in [1.82, 2.24) is 0 Å². The van der Waals surface area contributed by atoms with E-state index in [1.54, 1.807) is 12.1 Å². The first-order valence-corrected chi connectivity index (χ1v) is 8.35. The maximum absolute atomic E-state index is 11.9. The number of halogens is 1. The van der Waals surface area contributed by atoms with E-state index in [-0.39, 0.29) is 22.2 Å². The van der Waals surface area contributed by atoms with Gasteiger partial charge in [-0.1, -0.05) is 48.0 Å². The number of nitrogens with one attached hydrogen (secondary N) is 1. The molecule has 1 N–H and O–H groups in total. The fraction of sp³-hybridized carbons (Fsp3) is 0.176. The second-order valence-corrected chi connectivity index (χ2v) is 5.85. The number of hydrogen-bond acceptors (Lipinski definition) is 5. The molecule has 0 bridgehead atoms. The lowest BCUT2D eigenvalue weighted by atomic mass is 10.2. The SMILES string of the molecule is COC(=O)c1cccc(NC(=O)CSOCc2ccccc2)c1Cl. The molecule has 0 heterocycles. The van der Waals surface area contributed by atoms with Gasteiger partial charge >= 0.3 is 5.97 Å². The monoisotopic (exact) mass is 365 g/mol. The summed E-state index contributed by atoms with van der Waals surface area (Å²) >= 11 is 7.16. The van der Waals surface area contributed by atoms with Crippen molar-refractivity contribution >= 4 is 41.2 Å². The van der Waals surface area contributed by atoms with E-state index in [1.165, 1.54) is 13.2 Å². The van der Waals surface area contributed by atoms with Crippen LogP contribution in [-0.4, -0.2) is 24.7 Å². The maximum Gasteiger partial charge on any atom is 0.339 e. The minimum Gasteiger partial charge on any atom is -0.465 e. The van der Waals surface area contributed by atoms with Gasteiger partial charge in [-0.2, -0.15) is 0 Å². The Morgan fingerprint density at radius 2 is 1.88 bits per heavy atom. The number of rotatable bonds is 7. The van der Waals surface area contributed by atoms with E-state index in [2.05, 4.69) is 10.1 Å². The van der Waals surface area contributed by atoms with E-state index in [1.807, 2.05) is 30.3 Å². The number of anilines is 1. The molecule has 2 aromatic carbocycles. The zero-order valence-corrected chi connectivity index (χ0v) is 14.5. The third kappa shape index (κ3) is 5.26. The van der Waals surface area contributed by atoms with Gasteiger partial charge in [0.15, 0.2) is 0 Å². The van der Waals surface area contributed by atoms with E-state index in [4.69, 9.17) is 15.8 Å². The minimum atomic E-state index is -0.559. The molecule has 2 aromatic rings. The molecule has 0 fully saturated rings. The van der Waals surface area contributed by atoms with Crippen LogP contribution in [0.25, 0.3) is 0 Å². The highest BCUT2D eigenvalue weighted by molar-refractivity contribution is 7.95. The summed E-state index contributed by atoms with van der Waals surface area (Å²) in [4.78, 5) is 23.5. The summed E-state index contributed by atoms with van der Waals surface area (Å²) in [6, 6.07) is 14.4. The van der Waals surface area contributed by atoms with Gasteiger partial charge in [-0.3, -0.25) is 4.79 Å². The normalized spacial score (nSPS) is 10.2. The first-order valence-electron chi connectivity index (χ1n) is 7.07. The molecular formula is C17H16ClNO4S. The molecule has 7 heteroatoms. The van der Waals surface area contributed by atoms with Crippen LogP contribution in [0.5, 0.6) is 0 Å². The molecule has 126 valence electrons. The highest BCUT2D eigenvalue weighted by Crippen LogP contribution is 2.26. The number of methoxy groups -OCH3 is 1. The molecule has 1 amide bonds. The molecule has 0 radical (unpaired) electrons. The third-order valence-corrected chi connectivity index (χ3v) is 4.09. The molecular weight excluding hydrogens is 350 g/mol. The topological polar surface area (TPSA) is 64.6 Å². The molecule has 0 aliphatic heterocycles. The molecule has 0 aromatic heterocycles. The van der Waals surface area contributed by atoms with Gasteiger partial charge < -0.3 is 14.2 Å². The summed E-state index contributed by atoms with van der Waals surface area (Å²) in [7, 11) is 1.27. The van der Waals surface area contributed by atoms with Gasteiger partial charge in [-0.15, -0.1) is 0 Å². The van der Waals surface area contributed by atoms with Crippen molar-refractivity contribution < 1.29 is 18.5 Å². The van der Waals surface area contributed by atoms with Crippen LogP contribution < -0.4 is 5.32 Å². The van der Waals surface area contributed by atoms with E-state index in [0.29, 0.717) is 12.3 Å². The molecule has 0 aliphatic rings. The van der Waals surface area contributed by atoms with Gasteiger partial charge in [0.2, 0.25) is 5.91 Å². The van der Waals surface area contributed by atoms with Crippen molar-refractivity contribution in [2.45, 2.75) is 6.61 Å². The van der Waals surface area contributed by atoms with E-state index in [9.17, 15) is 9.59 Å². The summed E-state index contributed by atoms with van der Waals surface area (Å²) < 4.78 is 10.0. The van der Waals surface area contributed by atoms with Crippen molar-refractivity contribution in [2.75, 3.05) is 18.2 Å². The van der Waals surface area contributed by atoms with Crippen LogP contribution in [0, 0.1) is 0 Å². The zero-order valence-electron chi connectivity index (χ0n) is 13.0. The molecule has 0 aliphatic carbocycles. The van der Waals surface area contributed by atoms with Crippen molar-refractivity contribution in [3.63, 3.8) is 0 Å². The van der Waals surface area contributed by atoms with Crippen LogP contribution in [0.15, 0.2) is 48.5 Å². The van der Waals surface area contributed by atoms with Crippen LogP contribution in [0.4, 0.5) is 5.69 Å². The Kier molecular flexibility index (Phi) is 7.11. The molecule has 0 saturated carbocycles. The van der Waals surface area contributed by atoms with Gasteiger partial charge in [0.05, 0.1) is 35.7 Å². The Bertz CT molecular complexity index is 709. The lowest BCUT2D eigenvalue weighted by Gasteiger charge is -2.09. The standard InChI is InChI=1S/C17H16ClNO4S/c1-22-17(21)13-8-5-9-14(16(13)18)19-15(20)11-24-23-10-12-6-3-2-4-7-12/h2-9H,10-11H2,1H3,(H,19,20). The van der Waals surface area contributed by atoms with Gasteiger partial charge in [0.1, 0.15) is 0 Å². The molecule has 0 atom stereocenters. The van der Waals surface area contributed by atoms with E-state index < -0.39 is 5.97 Å². The summed E-state index contributed by atoms with van der Waals surface area (Å²) in [6.45, 7) is 0.414. The fourth-order valence-electron chi connectivity index (χ4n) is 1.86. The number of carbonyl (C=O) groups excluding carboxylic acids is 2. The lowest BCUT2D eigenvalue weighted by Crippen LogP contribution is -2.15. The Morgan fingerprint density at radius 1 is 1.12 bits per heavy atom. The number of esters is 1. The van der Waals surface area contributed by atoms with E-state index >= 15 is 0 Å². The Balaban J connectivity index is 1.83. The number of ether oxygens (including phenoxy) is 1. The molecule has 0 saturated heterocycles. The quantitative estimate of drug-likeness (QED) is 0.457. The predicted molar refractivity (Wildman–Crippen MR) is 95.1 cm³/mol. The lowest BCUT2D eigenvalue weighted by molar-refractivity contribution is -0.113. The maximum atomic E-state index is 11.9. The van der Waals surface area contributed by atoms with Crippen molar-refractivity contribution in [2.24, 2.45) is 0 Å². The second-order valence-electron chi connectivity index (χ2n) is 4.72. The predicted octanol–water partition coefficient (Wildman–Crippen LogP) is 3.93. The number of amides is 1. The highest BCUT2D eigenvalue weighted by atomic mass is 35.5. The number of benzene rings is 2. The molecule has 0 unspecified atom stereocenters. The van der Waals surface area contributed by atoms with Crippen LogP contribution in [0.2, 0.25) is 5.02 Å². The van der Waals surface area contributed by atoms with Gasteiger partial charge in [-0.05, 0) is 17.7 Å². The summed E-state index contributed by atoms with van der Waals surface area (Å²) in [5.41, 5.74) is 1.58. The molecule has 5 nitrogen and oxygen atoms in total. The fourth-order valence-corrected chi connectivity index (χ4v) is 2.59. The minimum absolute atomic E-state index is 0.103. The third-order valence-electron chi connectivity index (χ3n) is 3.02. The summed E-state index contributed by atoms with van der Waals surface area (Å²) in [5.74, 6) is -0.736. The summed E-state index contributed by atoms with van der Waals surface area (Å²) in [6.07, 6.45) is 0. The Morgan fingerprint density at radius 3 is 2.58 bits per heavy atom. The largest absolute Gasteiger partial charge is 0.465 e. The first-order chi connectivity index (χ1) is 11.6. The van der Waals surface area contributed by atoms with Gasteiger partial charge in [-0.25, -0.2) is 4.79 Å². The van der Waals surface area contributed by atoms with Crippen molar-refractivity contribution in [3.8, 4) is 0 Å². The summed E-state index contributed by atoms with van der Waals surface area (Å²) in [5, 5.41) is 2.79. The average Bonchev–Trinajstić information content (AvgIpc) is 2.61. The van der Waals surface area contributed by atoms with Crippen LogP contribution in [-0.2, 0) is 20.3 Å². The van der Waals surface area contributed by atoms with E-state index in [0.717, 1.165) is 17.6 Å². The zero-order chi connectivity index (χ0) is 17.4. The van der Waals surface area contributed by atoms with Crippen LogP contribution in [0.1, 0.15) is 15.9 Å². The highest BCUT2D eigenvalue weighted by Gasteiger charge is 2.15. The molecule has 2 rings (SSSR count). The van der Waals surface area contributed by atoms with Crippen LogP contribution >= 0.6 is 23.6 Å². The van der Waals surface area contributed by atoms with Gasteiger partial charge in [0.25, 0.3) is 0 Å². The van der Waals surface area contributed by atoms with Crippen molar-refractivity contribution in [1.29, 1.82) is 0 Å². The second kappa shape index (κ2) is 9.32. The van der Waals surface area contributed by atoms with Crippen LogP contribution in [0.3, 0.4) is 0 Å². The van der Waals surface area contributed by atoms with Gasteiger partial charge in [0, 0.05) is 12.0 Å².